The predicted octanol–water partition coefficient (Wildman–Crippen LogP) is 11.3. The Balaban J connectivity index is 1.24. The quantitative estimate of drug-likeness (QED) is 0.167. The molecule has 0 saturated heterocycles. The second kappa shape index (κ2) is 7.92. The van der Waals surface area contributed by atoms with Crippen molar-refractivity contribution in [1.29, 1.82) is 10.5 Å². The number of hydrogen-bond acceptors (Lipinski definition) is 3. The van der Waals surface area contributed by atoms with E-state index in [-0.39, 0.29) is 0 Å². The summed E-state index contributed by atoms with van der Waals surface area (Å²) in [5, 5.41) is 29.6. The molecule has 5 saturated carbocycles. The van der Waals surface area contributed by atoms with Crippen molar-refractivity contribution < 1.29 is 4.42 Å². The van der Waals surface area contributed by atoms with E-state index in [4.69, 9.17) is 4.42 Å². The van der Waals surface area contributed by atoms with Gasteiger partial charge in [-0.15, -0.1) is 0 Å². The Morgan fingerprint density at radius 1 is 0.592 bits per heavy atom. The highest BCUT2D eigenvalue weighted by Gasteiger charge is 2.66. The molecular formula is C45H35N3O. The Kier molecular flexibility index (Phi) is 4.11. The fraction of sp³-hybridized carbons (Fsp3) is 0.422. The molecule has 0 aliphatic heterocycles. The molecule has 4 aromatic carbocycles. The number of para-hydroxylation sites is 1. The van der Waals surface area contributed by atoms with Crippen molar-refractivity contribution in [2.45, 2.75) is 87.9 Å². The minimum Gasteiger partial charge on any atom is -0.456 e. The number of nitriles is 2. The minimum atomic E-state index is 0.482. The Labute approximate surface area is 283 Å². The molecule has 3 aromatic heterocycles. The first-order chi connectivity index (χ1) is 24.1. The van der Waals surface area contributed by atoms with Crippen LogP contribution in [0.2, 0.25) is 0 Å². The fourth-order valence-corrected chi connectivity index (χ4v) is 15.1. The zero-order valence-corrected chi connectivity index (χ0v) is 27.5. The van der Waals surface area contributed by atoms with Gasteiger partial charge in [-0.3, -0.25) is 0 Å². The van der Waals surface area contributed by atoms with Crippen LogP contribution in [-0.2, 0) is 0 Å². The summed E-state index contributed by atoms with van der Waals surface area (Å²) in [4.78, 5) is 0. The largest absolute Gasteiger partial charge is 0.456 e. The molecule has 236 valence electrons. The van der Waals surface area contributed by atoms with E-state index in [0.29, 0.717) is 29.1 Å². The van der Waals surface area contributed by atoms with Crippen LogP contribution < -0.4 is 0 Å². The summed E-state index contributed by atoms with van der Waals surface area (Å²) in [5.74, 6) is 5.27. The van der Waals surface area contributed by atoms with Gasteiger partial charge in [-0.25, -0.2) is 0 Å². The molecule has 0 N–H and O–H groups in total. The van der Waals surface area contributed by atoms with Crippen LogP contribution in [0.1, 0.15) is 121 Å². The summed E-state index contributed by atoms with van der Waals surface area (Å²) in [6.45, 7) is 0. The monoisotopic (exact) mass is 633 g/mol. The number of fused-ring (bicyclic) bond motifs is 16. The van der Waals surface area contributed by atoms with Gasteiger partial charge < -0.3 is 8.82 Å². The Hall–Kier alpha value is -4.54. The average Bonchev–Trinajstić information content (AvgIpc) is 3.84. The summed E-state index contributed by atoms with van der Waals surface area (Å²) < 4.78 is 9.35. The highest BCUT2D eigenvalue weighted by molar-refractivity contribution is 6.35. The first kappa shape index (κ1) is 25.4. The third-order valence-electron chi connectivity index (χ3n) is 16.2. The van der Waals surface area contributed by atoms with Gasteiger partial charge in [-0.1, -0.05) is 18.2 Å². The van der Waals surface area contributed by atoms with E-state index in [1.807, 2.05) is 0 Å². The van der Waals surface area contributed by atoms with E-state index >= 15 is 0 Å². The first-order valence-corrected chi connectivity index (χ1v) is 19.1. The molecule has 15 rings (SSSR count). The van der Waals surface area contributed by atoms with Crippen molar-refractivity contribution in [3.05, 3.63) is 75.8 Å². The lowest BCUT2D eigenvalue weighted by molar-refractivity contribution is 0.00322. The van der Waals surface area contributed by atoms with E-state index in [0.717, 1.165) is 46.0 Å². The Bertz CT molecular complexity index is 2820. The molecule has 4 heteroatoms. The molecule has 4 nitrogen and oxygen atoms in total. The topological polar surface area (TPSA) is 65.1 Å². The van der Waals surface area contributed by atoms with Gasteiger partial charge in [0.1, 0.15) is 11.2 Å². The minimum absolute atomic E-state index is 0.482. The average molecular weight is 634 g/mol. The molecule has 49 heavy (non-hydrogen) atoms. The van der Waals surface area contributed by atoms with Crippen molar-refractivity contribution in [3.63, 3.8) is 0 Å². The van der Waals surface area contributed by atoms with Gasteiger partial charge in [-0.05, 0) is 163 Å². The van der Waals surface area contributed by atoms with Crippen LogP contribution in [0.4, 0.5) is 0 Å². The molecule has 7 bridgehead atoms. The maximum Gasteiger partial charge on any atom is 0.136 e. The Morgan fingerprint density at radius 2 is 1.22 bits per heavy atom. The predicted molar refractivity (Wildman–Crippen MR) is 191 cm³/mol. The van der Waals surface area contributed by atoms with E-state index < -0.39 is 0 Å². The second-order valence-electron chi connectivity index (χ2n) is 17.9. The number of rotatable bonds is 0. The van der Waals surface area contributed by atoms with Crippen molar-refractivity contribution in [2.24, 2.45) is 29.1 Å². The highest BCUT2D eigenvalue weighted by Crippen LogP contribution is 2.77. The fourth-order valence-electron chi connectivity index (χ4n) is 15.1. The summed E-state index contributed by atoms with van der Waals surface area (Å²) in [6, 6.07) is 21.0. The molecule has 0 radical (unpaired) electrons. The molecule has 5 fully saturated rings. The summed E-state index contributed by atoms with van der Waals surface area (Å²) in [6.07, 6.45) is 12.9. The van der Waals surface area contributed by atoms with Gasteiger partial charge >= 0.3 is 0 Å². The van der Waals surface area contributed by atoms with E-state index in [1.165, 1.54) is 135 Å². The van der Waals surface area contributed by atoms with Crippen molar-refractivity contribution in [1.82, 2.24) is 4.40 Å². The van der Waals surface area contributed by atoms with Crippen molar-refractivity contribution in [3.8, 4) is 12.1 Å². The summed E-state index contributed by atoms with van der Waals surface area (Å²) in [7, 11) is 0. The summed E-state index contributed by atoms with van der Waals surface area (Å²) in [5.41, 5.74) is 13.6. The van der Waals surface area contributed by atoms with E-state index in [1.54, 1.807) is 0 Å². The lowest BCUT2D eigenvalue weighted by Crippen LogP contribution is -2.41. The maximum absolute atomic E-state index is 10.9. The van der Waals surface area contributed by atoms with Crippen LogP contribution in [-0.4, -0.2) is 4.40 Å². The zero-order valence-electron chi connectivity index (χ0n) is 27.5. The molecule has 7 unspecified atom stereocenters. The Morgan fingerprint density at radius 3 is 1.96 bits per heavy atom. The highest BCUT2D eigenvalue weighted by atomic mass is 16.3. The van der Waals surface area contributed by atoms with Crippen LogP contribution >= 0.6 is 0 Å². The third-order valence-corrected chi connectivity index (χ3v) is 16.2. The van der Waals surface area contributed by atoms with Crippen LogP contribution in [0.3, 0.4) is 0 Å². The van der Waals surface area contributed by atoms with Gasteiger partial charge in [0.25, 0.3) is 0 Å². The van der Waals surface area contributed by atoms with Crippen LogP contribution in [0.25, 0.3) is 60.0 Å². The van der Waals surface area contributed by atoms with Crippen molar-refractivity contribution >= 4 is 60.0 Å². The number of nitrogens with zero attached hydrogens (tertiary/aromatic N) is 3. The number of aromatic nitrogens is 1. The van der Waals surface area contributed by atoms with Crippen LogP contribution in [0.5, 0.6) is 0 Å². The third kappa shape index (κ3) is 2.63. The smallest absolute Gasteiger partial charge is 0.136 e. The van der Waals surface area contributed by atoms with Gasteiger partial charge in [-0.2, -0.15) is 10.5 Å². The lowest BCUT2D eigenvalue weighted by Gasteiger charge is -2.48. The van der Waals surface area contributed by atoms with Crippen LogP contribution in [0, 0.1) is 51.7 Å². The van der Waals surface area contributed by atoms with Crippen LogP contribution in [0.15, 0.2) is 46.9 Å². The SMILES string of the molecule is N#Cc1cc2c(c3c1C1CC4CC5CC3CC45C1)c1cc3oc4ccccc4c3c3c4c5c(c(C#N)cc4n2c13)C1CC2CC(C1)CC5C2. The van der Waals surface area contributed by atoms with Gasteiger partial charge in [0.05, 0.1) is 39.8 Å². The molecule has 0 amide bonds. The van der Waals surface area contributed by atoms with E-state index in [9.17, 15) is 10.5 Å². The number of furan rings is 1. The maximum atomic E-state index is 10.9. The van der Waals surface area contributed by atoms with E-state index in [2.05, 4.69) is 59.0 Å². The van der Waals surface area contributed by atoms with Gasteiger partial charge in [0.2, 0.25) is 0 Å². The molecule has 7 atom stereocenters. The number of benzene rings is 4. The molecule has 8 aliphatic rings. The van der Waals surface area contributed by atoms with Crippen molar-refractivity contribution in [2.75, 3.05) is 0 Å². The number of hydrogen-bond donors (Lipinski definition) is 0. The molecule has 1 spiro atoms. The lowest BCUT2D eigenvalue weighted by atomic mass is 9.56. The second-order valence-corrected chi connectivity index (χ2v) is 17.9. The van der Waals surface area contributed by atoms with Gasteiger partial charge in [0.15, 0.2) is 0 Å². The molecular weight excluding hydrogens is 599 g/mol. The normalized spacial score (nSPS) is 34.6. The zero-order chi connectivity index (χ0) is 31.7. The first-order valence-electron chi connectivity index (χ1n) is 19.1. The van der Waals surface area contributed by atoms with Gasteiger partial charge in [0, 0.05) is 32.3 Å². The molecule has 3 heterocycles. The standard InChI is InChI=1S/C45H35N3O/c46-18-26-13-33-42(38-23-8-20-5-21(9-23)7-22(6-20)36(26)38)43-41-30-3-1-2-4-34(30)49-35(41)15-31-40-32(48(33)44(31)43)12-27(19-47)37-24-10-28-14-29-11-25(39(37)40)17-45(28,29)16-24/h1-4,12-13,15,20-25,28-29H,5-11,14,16-17H2. The summed E-state index contributed by atoms with van der Waals surface area (Å²) >= 11 is 0. The molecule has 8 aliphatic carbocycles. The molecule has 7 aromatic rings.